The van der Waals surface area contributed by atoms with E-state index < -0.39 is 0 Å². The minimum absolute atomic E-state index is 0.0466. The van der Waals surface area contributed by atoms with Gasteiger partial charge in [0, 0.05) is 24.1 Å². The zero-order valence-corrected chi connectivity index (χ0v) is 15.0. The molecule has 1 aromatic rings. The molecule has 0 aliphatic heterocycles. The zero-order valence-electron chi connectivity index (χ0n) is 15.0. The van der Waals surface area contributed by atoms with E-state index in [0.717, 1.165) is 42.7 Å². The lowest BCUT2D eigenvalue weighted by Gasteiger charge is -2.55. The highest BCUT2D eigenvalue weighted by Gasteiger charge is 2.54. The van der Waals surface area contributed by atoms with Crippen molar-refractivity contribution in [3.63, 3.8) is 0 Å². The maximum absolute atomic E-state index is 12.8. The first-order valence-electron chi connectivity index (χ1n) is 9.67. The Morgan fingerprint density at radius 3 is 2.12 bits per heavy atom. The molecule has 1 aromatic carbocycles. The molecule has 134 valence electrons. The molecule has 4 saturated carbocycles. The predicted octanol–water partition coefficient (Wildman–Crippen LogP) is 3.66. The minimum atomic E-state index is -0.123. The molecular formula is C21H28N2O2. The van der Waals surface area contributed by atoms with Crippen LogP contribution in [0, 0.1) is 30.1 Å². The van der Waals surface area contributed by atoms with Crippen LogP contribution in [-0.2, 0) is 9.59 Å². The van der Waals surface area contributed by atoms with Crippen molar-refractivity contribution in [1.82, 2.24) is 5.32 Å². The molecule has 4 aliphatic carbocycles. The summed E-state index contributed by atoms with van der Waals surface area (Å²) in [4.78, 5) is 24.9. The van der Waals surface area contributed by atoms with E-state index in [9.17, 15) is 9.59 Å². The summed E-state index contributed by atoms with van der Waals surface area (Å²) in [5, 5.41) is 5.95. The molecule has 0 saturated heterocycles. The van der Waals surface area contributed by atoms with Gasteiger partial charge in [0.2, 0.25) is 11.8 Å². The lowest BCUT2D eigenvalue weighted by atomic mass is 9.49. The van der Waals surface area contributed by atoms with Gasteiger partial charge in [0.1, 0.15) is 0 Å². The van der Waals surface area contributed by atoms with Crippen LogP contribution in [0.2, 0.25) is 0 Å². The average Bonchev–Trinajstić information content (AvgIpc) is 2.55. The van der Waals surface area contributed by atoms with Crippen molar-refractivity contribution >= 4 is 17.5 Å². The summed E-state index contributed by atoms with van der Waals surface area (Å²) in [6.07, 6.45) is 7.55. The summed E-state index contributed by atoms with van der Waals surface area (Å²) in [6.45, 7) is 2.45. The molecule has 2 amide bonds. The van der Waals surface area contributed by atoms with Crippen molar-refractivity contribution < 1.29 is 9.59 Å². The Balaban J connectivity index is 1.26. The quantitative estimate of drug-likeness (QED) is 0.859. The maximum atomic E-state index is 12.8. The minimum Gasteiger partial charge on any atom is -0.355 e. The second-order valence-corrected chi connectivity index (χ2v) is 8.62. The van der Waals surface area contributed by atoms with Crippen LogP contribution in [0.15, 0.2) is 24.3 Å². The van der Waals surface area contributed by atoms with E-state index in [0.29, 0.717) is 13.0 Å². The summed E-state index contributed by atoms with van der Waals surface area (Å²) in [5.41, 5.74) is 1.85. The number of hydrogen-bond acceptors (Lipinski definition) is 2. The topological polar surface area (TPSA) is 58.2 Å². The van der Waals surface area contributed by atoms with Crippen LogP contribution in [0.3, 0.4) is 0 Å². The second kappa shape index (κ2) is 6.47. The molecule has 0 atom stereocenters. The normalized spacial score (nSPS) is 32.4. The van der Waals surface area contributed by atoms with Gasteiger partial charge in [0.05, 0.1) is 0 Å². The van der Waals surface area contributed by atoms with Crippen LogP contribution in [-0.4, -0.2) is 18.4 Å². The first kappa shape index (κ1) is 16.6. The van der Waals surface area contributed by atoms with Gasteiger partial charge < -0.3 is 10.6 Å². The fourth-order valence-corrected chi connectivity index (χ4v) is 5.73. The van der Waals surface area contributed by atoms with Crippen molar-refractivity contribution in [3.05, 3.63) is 29.8 Å². The molecule has 0 heterocycles. The number of rotatable bonds is 5. The third-order valence-corrected chi connectivity index (χ3v) is 6.49. The van der Waals surface area contributed by atoms with Gasteiger partial charge in [-0.3, -0.25) is 9.59 Å². The number of hydrogen-bond donors (Lipinski definition) is 2. The predicted molar refractivity (Wildman–Crippen MR) is 98.0 cm³/mol. The Labute approximate surface area is 149 Å². The van der Waals surface area contributed by atoms with E-state index in [1.807, 2.05) is 31.2 Å². The maximum Gasteiger partial charge on any atom is 0.226 e. The summed E-state index contributed by atoms with van der Waals surface area (Å²) in [6, 6.07) is 7.76. The van der Waals surface area contributed by atoms with Crippen molar-refractivity contribution in [3.8, 4) is 0 Å². The van der Waals surface area contributed by atoms with Crippen molar-refractivity contribution in [2.45, 2.75) is 51.9 Å². The number of aryl methyl sites for hydroxylation is 1. The van der Waals surface area contributed by atoms with Gasteiger partial charge in [-0.25, -0.2) is 0 Å². The van der Waals surface area contributed by atoms with Crippen molar-refractivity contribution in [2.75, 3.05) is 11.9 Å². The Morgan fingerprint density at radius 1 is 1.00 bits per heavy atom. The lowest BCUT2D eigenvalue weighted by Crippen LogP contribution is -2.53. The molecule has 2 N–H and O–H groups in total. The summed E-state index contributed by atoms with van der Waals surface area (Å²) in [7, 11) is 0. The molecular weight excluding hydrogens is 312 g/mol. The summed E-state index contributed by atoms with van der Waals surface area (Å²) in [5.74, 6) is 2.45. The SMILES string of the molecule is Cc1ccc(NC(=O)CCNC(=O)C23CC4CC(CC(C4)C2)C3)cc1. The summed E-state index contributed by atoms with van der Waals surface area (Å²) >= 11 is 0. The van der Waals surface area contributed by atoms with Gasteiger partial charge in [-0.15, -0.1) is 0 Å². The van der Waals surface area contributed by atoms with Gasteiger partial charge >= 0.3 is 0 Å². The third kappa shape index (κ3) is 3.44. The number of carbonyl (C=O) groups excluding carboxylic acids is 2. The van der Waals surface area contributed by atoms with Crippen molar-refractivity contribution in [2.24, 2.45) is 23.2 Å². The fourth-order valence-electron chi connectivity index (χ4n) is 5.73. The number of carbonyl (C=O) groups is 2. The molecule has 4 aliphatic rings. The first-order valence-corrected chi connectivity index (χ1v) is 9.67. The van der Waals surface area contributed by atoms with E-state index in [4.69, 9.17) is 0 Å². The number of nitrogens with one attached hydrogen (secondary N) is 2. The molecule has 5 rings (SSSR count). The molecule has 4 heteroatoms. The molecule has 4 bridgehead atoms. The lowest BCUT2D eigenvalue weighted by molar-refractivity contribution is -0.146. The zero-order chi connectivity index (χ0) is 17.4. The van der Waals surface area contributed by atoms with Crippen LogP contribution in [0.4, 0.5) is 5.69 Å². The highest BCUT2D eigenvalue weighted by Crippen LogP contribution is 2.60. The van der Waals surface area contributed by atoms with Gasteiger partial charge in [-0.2, -0.15) is 0 Å². The Hall–Kier alpha value is -1.84. The second-order valence-electron chi connectivity index (χ2n) is 8.62. The van der Waals surface area contributed by atoms with Crippen LogP contribution in [0.5, 0.6) is 0 Å². The molecule has 0 unspecified atom stereocenters. The van der Waals surface area contributed by atoms with E-state index >= 15 is 0 Å². The van der Waals surface area contributed by atoms with Gasteiger partial charge in [-0.05, 0) is 75.3 Å². The molecule has 0 aromatic heterocycles. The van der Waals surface area contributed by atoms with Crippen LogP contribution < -0.4 is 10.6 Å². The molecule has 4 fully saturated rings. The van der Waals surface area contributed by atoms with E-state index in [-0.39, 0.29) is 17.2 Å². The largest absolute Gasteiger partial charge is 0.355 e. The van der Waals surface area contributed by atoms with Crippen LogP contribution in [0.1, 0.15) is 50.5 Å². The Bertz CT molecular complexity index is 630. The van der Waals surface area contributed by atoms with Gasteiger partial charge in [0.25, 0.3) is 0 Å². The monoisotopic (exact) mass is 340 g/mol. The van der Waals surface area contributed by atoms with Gasteiger partial charge in [-0.1, -0.05) is 17.7 Å². The van der Waals surface area contributed by atoms with Crippen LogP contribution >= 0.6 is 0 Å². The summed E-state index contributed by atoms with van der Waals surface area (Å²) < 4.78 is 0. The highest BCUT2D eigenvalue weighted by molar-refractivity contribution is 5.91. The smallest absolute Gasteiger partial charge is 0.226 e. The number of amides is 2. The fraction of sp³-hybridized carbons (Fsp3) is 0.619. The number of anilines is 1. The van der Waals surface area contributed by atoms with E-state index in [1.54, 1.807) is 0 Å². The van der Waals surface area contributed by atoms with Crippen LogP contribution in [0.25, 0.3) is 0 Å². The highest BCUT2D eigenvalue weighted by atomic mass is 16.2. The van der Waals surface area contributed by atoms with Crippen molar-refractivity contribution in [1.29, 1.82) is 0 Å². The molecule has 0 radical (unpaired) electrons. The van der Waals surface area contributed by atoms with E-state index in [1.165, 1.54) is 24.8 Å². The Morgan fingerprint density at radius 2 is 1.56 bits per heavy atom. The number of benzene rings is 1. The van der Waals surface area contributed by atoms with Gasteiger partial charge in [0.15, 0.2) is 0 Å². The van der Waals surface area contributed by atoms with E-state index in [2.05, 4.69) is 10.6 Å². The molecule has 4 nitrogen and oxygen atoms in total. The average molecular weight is 340 g/mol. The molecule has 25 heavy (non-hydrogen) atoms. The Kier molecular flexibility index (Phi) is 4.30. The first-order chi connectivity index (χ1) is 12.0. The third-order valence-electron chi connectivity index (χ3n) is 6.49. The molecule has 0 spiro atoms. The standard InChI is InChI=1S/C21H28N2O2/c1-14-2-4-18(5-3-14)23-19(24)6-7-22-20(25)21-11-15-8-16(12-21)10-17(9-15)13-21/h2-5,15-17H,6-13H2,1H3,(H,22,25)(H,23,24).